The molecule has 6 nitrogen and oxygen atoms in total. The Kier molecular flexibility index (Phi) is 4.62. The van der Waals surface area contributed by atoms with E-state index in [9.17, 15) is 18.4 Å². The molecule has 148 valence electrons. The van der Waals surface area contributed by atoms with Crippen molar-refractivity contribution in [1.82, 2.24) is 18.7 Å². The van der Waals surface area contributed by atoms with E-state index in [1.165, 1.54) is 47.3 Å². The predicted octanol–water partition coefficient (Wildman–Crippen LogP) is 3.26. The van der Waals surface area contributed by atoms with Gasteiger partial charge >= 0.3 is 5.69 Å². The lowest BCUT2D eigenvalue weighted by Gasteiger charge is -2.15. The van der Waals surface area contributed by atoms with E-state index in [4.69, 9.17) is 0 Å². The molecule has 0 aliphatic rings. The maximum Gasteiger partial charge on any atom is 0.337 e. The molecule has 0 saturated carbocycles. The van der Waals surface area contributed by atoms with Crippen molar-refractivity contribution in [1.29, 1.82) is 0 Å². The third-order valence-corrected chi connectivity index (χ3v) is 4.69. The van der Waals surface area contributed by atoms with Crippen molar-refractivity contribution in [3.63, 3.8) is 0 Å². The van der Waals surface area contributed by atoms with Gasteiger partial charge in [0, 0.05) is 12.6 Å². The Balaban J connectivity index is 2.01. The van der Waals surface area contributed by atoms with Crippen LogP contribution >= 0.6 is 0 Å². The van der Waals surface area contributed by atoms with E-state index < -0.39 is 23.1 Å². The van der Waals surface area contributed by atoms with Gasteiger partial charge in [0.2, 0.25) is 0 Å². The number of rotatable bonds is 4. The molecule has 0 N–H and O–H groups in total. The molecule has 0 aliphatic carbocycles. The van der Waals surface area contributed by atoms with Gasteiger partial charge in [0.25, 0.3) is 5.56 Å². The number of fused-ring (bicyclic) bond motifs is 1. The Morgan fingerprint density at radius 1 is 1.00 bits per heavy atom. The number of imidazole rings is 1. The van der Waals surface area contributed by atoms with Gasteiger partial charge in [0.05, 0.1) is 12.0 Å². The molecule has 29 heavy (non-hydrogen) atoms. The van der Waals surface area contributed by atoms with Gasteiger partial charge in [-0.05, 0) is 55.8 Å². The van der Waals surface area contributed by atoms with Crippen LogP contribution in [-0.2, 0) is 6.54 Å². The van der Waals surface area contributed by atoms with Gasteiger partial charge in [0.15, 0.2) is 11.2 Å². The zero-order chi connectivity index (χ0) is 20.7. The lowest BCUT2D eigenvalue weighted by atomic mass is 10.2. The van der Waals surface area contributed by atoms with Crippen molar-refractivity contribution < 1.29 is 8.78 Å². The predicted molar refractivity (Wildman–Crippen MR) is 105 cm³/mol. The molecule has 0 atom stereocenters. The van der Waals surface area contributed by atoms with Gasteiger partial charge in [-0.3, -0.25) is 9.36 Å². The second kappa shape index (κ2) is 7.12. The van der Waals surface area contributed by atoms with E-state index in [-0.39, 0.29) is 23.5 Å². The summed E-state index contributed by atoms with van der Waals surface area (Å²) in [5, 5.41) is 0. The van der Waals surface area contributed by atoms with Crippen LogP contribution in [0, 0.1) is 11.6 Å². The molecule has 0 amide bonds. The van der Waals surface area contributed by atoms with Crippen molar-refractivity contribution >= 4 is 11.2 Å². The quantitative estimate of drug-likeness (QED) is 0.532. The lowest BCUT2D eigenvalue weighted by molar-refractivity contribution is 0.538. The van der Waals surface area contributed by atoms with Crippen LogP contribution in [-0.4, -0.2) is 18.7 Å². The molecule has 2 aromatic heterocycles. The smallest absolute Gasteiger partial charge is 0.320 e. The minimum Gasteiger partial charge on any atom is -0.320 e. The molecular formula is C21H18F2N4O2. The fourth-order valence-electron chi connectivity index (χ4n) is 3.38. The topological polar surface area (TPSA) is 61.8 Å². The fourth-order valence-corrected chi connectivity index (χ4v) is 3.38. The average molecular weight is 396 g/mol. The minimum absolute atomic E-state index is 0.167. The number of hydrogen-bond donors (Lipinski definition) is 0. The molecule has 4 aromatic rings. The normalized spacial score (nSPS) is 11.5. The number of hydrogen-bond acceptors (Lipinski definition) is 3. The van der Waals surface area contributed by atoms with Crippen molar-refractivity contribution in [3.05, 3.63) is 92.9 Å². The Labute approximate surface area is 164 Å². The highest BCUT2D eigenvalue weighted by Crippen LogP contribution is 2.16. The molecule has 0 bridgehead atoms. The molecule has 0 aliphatic heterocycles. The summed E-state index contributed by atoms with van der Waals surface area (Å²) in [5.74, 6) is -0.818. The van der Waals surface area contributed by atoms with Crippen molar-refractivity contribution in [2.45, 2.75) is 26.4 Å². The molecule has 4 rings (SSSR count). The van der Waals surface area contributed by atoms with Crippen molar-refractivity contribution in [2.24, 2.45) is 0 Å². The molecule has 0 radical (unpaired) electrons. The molecule has 8 heteroatoms. The first kappa shape index (κ1) is 18.8. The highest BCUT2D eigenvalue weighted by Gasteiger charge is 2.20. The first-order chi connectivity index (χ1) is 13.9. The Morgan fingerprint density at radius 2 is 1.72 bits per heavy atom. The molecular weight excluding hydrogens is 378 g/mol. The van der Waals surface area contributed by atoms with Crippen molar-refractivity contribution in [3.8, 4) is 5.69 Å². The van der Waals surface area contributed by atoms with Crippen LogP contribution in [0.4, 0.5) is 8.78 Å². The molecule has 0 saturated heterocycles. The van der Waals surface area contributed by atoms with E-state index in [1.54, 1.807) is 30.5 Å². The lowest BCUT2D eigenvalue weighted by Crippen LogP contribution is -2.41. The molecule has 0 unspecified atom stereocenters. The molecule has 0 spiro atoms. The summed E-state index contributed by atoms with van der Waals surface area (Å²) in [6, 6.07) is 11.0. The highest BCUT2D eigenvalue weighted by atomic mass is 19.1. The number of aromatic nitrogens is 4. The summed E-state index contributed by atoms with van der Waals surface area (Å²) in [7, 11) is 0. The zero-order valence-corrected chi connectivity index (χ0v) is 15.8. The maximum atomic E-state index is 13.6. The minimum atomic E-state index is -0.555. The molecule has 0 fully saturated rings. The SMILES string of the molecule is CC(C)n1c(=O)c2c(ncn2Cc2cccc(F)c2)n(-c2ccc(F)cc2)c1=O. The Hall–Kier alpha value is -3.55. The summed E-state index contributed by atoms with van der Waals surface area (Å²) in [4.78, 5) is 30.5. The summed E-state index contributed by atoms with van der Waals surface area (Å²) >= 11 is 0. The third-order valence-electron chi connectivity index (χ3n) is 4.69. The van der Waals surface area contributed by atoms with Gasteiger partial charge in [-0.25, -0.2) is 23.1 Å². The van der Waals surface area contributed by atoms with Gasteiger partial charge in [-0.2, -0.15) is 0 Å². The number of halogens is 2. The highest BCUT2D eigenvalue weighted by molar-refractivity contribution is 5.72. The van der Waals surface area contributed by atoms with Gasteiger partial charge in [0.1, 0.15) is 11.6 Å². The van der Waals surface area contributed by atoms with Crippen molar-refractivity contribution in [2.75, 3.05) is 0 Å². The third kappa shape index (κ3) is 3.26. The second-order valence-corrected chi connectivity index (χ2v) is 7.04. The summed E-state index contributed by atoms with van der Waals surface area (Å²) in [5.41, 5.74) is 0.394. The maximum absolute atomic E-state index is 13.6. The summed E-state index contributed by atoms with van der Waals surface area (Å²) < 4.78 is 31.0. The van der Waals surface area contributed by atoms with Crippen LogP contribution in [0.1, 0.15) is 25.5 Å². The van der Waals surface area contributed by atoms with Gasteiger partial charge < -0.3 is 4.57 Å². The van der Waals surface area contributed by atoms with Crippen LogP contribution < -0.4 is 11.2 Å². The van der Waals surface area contributed by atoms with E-state index in [1.807, 2.05) is 0 Å². The Morgan fingerprint density at radius 3 is 2.38 bits per heavy atom. The second-order valence-electron chi connectivity index (χ2n) is 7.04. The summed E-state index contributed by atoms with van der Waals surface area (Å²) in [6.07, 6.45) is 1.45. The molecule has 2 heterocycles. The zero-order valence-electron chi connectivity index (χ0n) is 15.8. The van der Waals surface area contributed by atoms with E-state index in [0.29, 0.717) is 11.3 Å². The summed E-state index contributed by atoms with van der Waals surface area (Å²) in [6.45, 7) is 3.68. The van der Waals surface area contributed by atoms with Crippen LogP contribution in [0.15, 0.2) is 64.4 Å². The van der Waals surface area contributed by atoms with Crippen LogP contribution in [0.5, 0.6) is 0 Å². The van der Waals surface area contributed by atoms with Crippen LogP contribution in [0.3, 0.4) is 0 Å². The van der Waals surface area contributed by atoms with E-state index in [0.717, 1.165) is 4.57 Å². The average Bonchev–Trinajstić information content (AvgIpc) is 3.06. The van der Waals surface area contributed by atoms with E-state index >= 15 is 0 Å². The largest absolute Gasteiger partial charge is 0.337 e. The van der Waals surface area contributed by atoms with Gasteiger partial charge in [-0.1, -0.05) is 12.1 Å². The number of benzene rings is 2. The molecule has 2 aromatic carbocycles. The first-order valence-corrected chi connectivity index (χ1v) is 9.09. The monoisotopic (exact) mass is 396 g/mol. The van der Waals surface area contributed by atoms with Gasteiger partial charge in [-0.15, -0.1) is 0 Å². The standard InChI is InChI=1S/C21H18F2N4O2/c1-13(2)26-20(28)18-19(27(21(26)29)17-8-6-15(22)7-9-17)24-12-25(18)11-14-4-3-5-16(23)10-14/h3-10,12-13H,11H2,1-2H3. The van der Waals surface area contributed by atoms with Crippen LogP contribution in [0.25, 0.3) is 16.9 Å². The fraction of sp³-hybridized carbons (Fsp3) is 0.190. The van der Waals surface area contributed by atoms with Crippen LogP contribution in [0.2, 0.25) is 0 Å². The first-order valence-electron chi connectivity index (χ1n) is 9.09. The van der Waals surface area contributed by atoms with E-state index in [2.05, 4.69) is 4.98 Å². The Bertz CT molecular complexity index is 1320. The number of nitrogens with zero attached hydrogens (tertiary/aromatic N) is 4.